The zero-order valence-corrected chi connectivity index (χ0v) is 27.2. The molecule has 1 atom stereocenters. The van der Waals surface area contributed by atoms with Gasteiger partial charge in [0.1, 0.15) is 0 Å². The van der Waals surface area contributed by atoms with Crippen molar-refractivity contribution >= 4 is 49.7 Å². The highest BCUT2D eigenvalue weighted by Crippen LogP contribution is 2.41. The largest absolute Gasteiger partial charge is 0.310 e. The number of allylic oxidation sites excluding steroid dienone is 1. The van der Waals surface area contributed by atoms with E-state index in [1.165, 1.54) is 71.9 Å². The van der Waals surface area contributed by atoms with Gasteiger partial charge in [0.05, 0.1) is 22.1 Å². The van der Waals surface area contributed by atoms with Crippen molar-refractivity contribution in [3.8, 4) is 33.6 Å². The Bertz CT molecular complexity index is 2730. The van der Waals surface area contributed by atoms with Gasteiger partial charge < -0.3 is 9.13 Å². The summed E-state index contributed by atoms with van der Waals surface area (Å²) in [4.78, 5) is 4.85. The lowest BCUT2D eigenvalue weighted by atomic mass is 9.92. The minimum Gasteiger partial charge on any atom is -0.310 e. The molecule has 0 radical (unpaired) electrons. The Morgan fingerprint density at radius 3 is 2.08 bits per heavy atom. The van der Waals surface area contributed by atoms with Crippen LogP contribution in [-0.2, 0) is 6.42 Å². The first-order valence-electron chi connectivity index (χ1n) is 17.1. The van der Waals surface area contributed by atoms with Crippen LogP contribution in [0.4, 0.5) is 0 Å². The third kappa shape index (κ3) is 4.39. The Kier molecular flexibility index (Phi) is 6.22. The summed E-state index contributed by atoms with van der Waals surface area (Å²) in [5, 5.41) is 4.90. The zero-order chi connectivity index (χ0) is 32.5. The second-order valence-corrected chi connectivity index (χ2v) is 13.3. The fraction of sp³-hybridized carbons (Fsp3) is 0.0652. The van der Waals surface area contributed by atoms with E-state index in [0.29, 0.717) is 5.92 Å². The van der Waals surface area contributed by atoms with E-state index in [9.17, 15) is 0 Å². The van der Waals surface area contributed by atoms with Crippen LogP contribution >= 0.6 is 0 Å². The Hall–Kier alpha value is -6.19. The second-order valence-electron chi connectivity index (χ2n) is 13.3. The molecule has 0 amide bonds. The van der Waals surface area contributed by atoms with E-state index < -0.39 is 0 Å². The molecular formula is C46H33N3. The third-order valence-corrected chi connectivity index (χ3v) is 10.3. The maximum atomic E-state index is 4.85. The first-order valence-corrected chi connectivity index (χ1v) is 17.1. The fourth-order valence-electron chi connectivity index (χ4n) is 7.98. The van der Waals surface area contributed by atoms with Gasteiger partial charge >= 0.3 is 0 Å². The van der Waals surface area contributed by atoms with Gasteiger partial charge in [0.15, 0.2) is 0 Å². The van der Waals surface area contributed by atoms with Gasteiger partial charge in [-0.15, -0.1) is 0 Å². The molecule has 3 heteroatoms. The number of aromatic nitrogens is 3. The van der Waals surface area contributed by atoms with E-state index >= 15 is 0 Å². The van der Waals surface area contributed by atoms with Crippen LogP contribution in [0.15, 0.2) is 158 Å². The minimum atomic E-state index is 0.497. The monoisotopic (exact) mass is 627 g/mol. The summed E-state index contributed by atoms with van der Waals surface area (Å²) >= 11 is 0. The fourth-order valence-corrected chi connectivity index (χ4v) is 7.98. The van der Waals surface area contributed by atoms with Crippen molar-refractivity contribution in [3.63, 3.8) is 0 Å². The number of benzene rings is 6. The summed E-state index contributed by atoms with van der Waals surface area (Å²) in [6.45, 7) is 2.32. The van der Waals surface area contributed by atoms with Gasteiger partial charge in [0.2, 0.25) is 0 Å². The molecule has 3 heterocycles. The van der Waals surface area contributed by atoms with Crippen molar-refractivity contribution in [3.05, 3.63) is 169 Å². The van der Waals surface area contributed by atoms with E-state index in [2.05, 4.69) is 168 Å². The van der Waals surface area contributed by atoms with Gasteiger partial charge in [-0.3, -0.25) is 4.98 Å². The molecule has 9 aromatic rings. The highest BCUT2D eigenvalue weighted by molar-refractivity contribution is 6.20. The van der Waals surface area contributed by atoms with Crippen molar-refractivity contribution in [2.45, 2.75) is 13.3 Å². The number of hydrogen-bond donors (Lipinski definition) is 0. The minimum absolute atomic E-state index is 0.497. The highest BCUT2D eigenvalue weighted by Gasteiger charge is 2.22. The molecule has 6 aromatic carbocycles. The molecule has 232 valence electrons. The average Bonchev–Trinajstić information content (AvgIpc) is 3.67. The van der Waals surface area contributed by atoms with E-state index in [4.69, 9.17) is 4.98 Å². The van der Waals surface area contributed by atoms with Crippen LogP contribution in [0.5, 0.6) is 0 Å². The number of pyridine rings is 1. The number of hydrogen-bond acceptors (Lipinski definition) is 1. The van der Waals surface area contributed by atoms with E-state index in [1.54, 1.807) is 0 Å². The van der Waals surface area contributed by atoms with Gasteiger partial charge in [0, 0.05) is 44.8 Å². The highest BCUT2D eigenvalue weighted by atomic mass is 15.0. The molecule has 1 aliphatic carbocycles. The van der Waals surface area contributed by atoms with E-state index in [-0.39, 0.29) is 0 Å². The van der Waals surface area contributed by atoms with Gasteiger partial charge in [-0.1, -0.05) is 104 Å². The summed E-state index contributed by atoms with van der Waals surface area (Å²) in [5.74, 6) is 0.497. The molecule has 0 saturated carbocycles. The van der Waals surface area contributed by atoms with Crippen molar-refractivity contribution in [1.82, 2.24) is 14.1 Å². The first-order chi connectivity index (χ1) is 24.2. The predicted octanol–water partition coefficient (Wildman–Crippen LogP) is 11.8. The van der Waals surface area contributed by atoms with Gasteiger partial charge in [-0.05, 0) is 101 Å². The smallest absolute Gasteiger partial charge is 0.0802 e. The zero-order valence-electron chi connectivity index (χ0n) is 27.2. The van der Waals surface area contributed by atoms with Crippen LogP contribution in [0.25, 0.3) is 83.3 Å². The number of rotatable bonds is 4. The van der Waals surface area contributed by atoms with Crippen LogP contribution in [-0.4, -0.2) is 14.1 Å². The molecule has 0 aliphatic heterocycles. The molecule has 3 aromatic heterocycles. The molecule has 0 fully saturated rings. The second kappa shape index (κ2) is 10.9. The molecule has 3 nitrogen and oxygen atoms in total. The number of para-hydroxylation sites is 1. The molecule has 0 bridgehead atoms. The van der Waals surface area contributed by atoms with Gasteiger partial charge in [-0.25, -0.2) is 0 Å². The molecule has 1 unspecified atom stereocenters. The molecule has 0 N–H and O–H groups in total. The summed E-state index contributed by atoms with van der Waals surface area (Å²) in [6, 6.07) is 52.9. The number of fused-ring (bicyclic) bond motifs is 8. The molecule has 0 saturated heterocycles. The summed E-state index contributed by atoms with van der Waals surface area (Å²) < 4.78 is 4.84. The molecule has 0 spiro atoms. The Morgan fingerprint density at radius 1 is 0.551 bits per heavy atom. The first kappa shape index (κ1) is 27.9. The SMILES string of the molecule is CC1C=Cc2c(c3cc(-c4ccc5c6c7ncccc7ccc6n(-c6ccccc6)c5c4)ccc3n2-c2ccc(-c3ccccc3)cc2)C1. The van der Waals surface area contributed by atoms with Crippen molar-refractivity contribution < 1.29 is 0 Å². The number of nitrogens with zero attached hydrogens (tertiary/aromatic N) is 3. The normalized spacial score (nSPS) is 14.3. The molecule has 49 heavy (non-hydrogen) atoms. The van der Waals surface area contributed by atoms with Crippen LogP contribution in [0, 0.1) is 5.92 Å². The maximum Gasteiger partial charge on any atom is 0.0802 e. The third-order valence-electron chi connectivity index (χ3n) is 10.3. The quantitative estimate of drug-likeness (QED) is 0.190. The standard InChI is InChI=1S/C46H33N3/c1-30-14-23-41-39(27-30)40-28-34(19-24-42(40)48(41)37-20-15-32(16-21-37)31-9-4-2-5-10-31)35-17-22-38-44(29-35)49(36-12-6-3-7-13-36)43-25-18-33-11-8-26-47-46(33)45(38)43/h2-26,28-30H,27H2,1H3. The van der Waals surface area contributed by atoms with Gasteiger partial charge in [-0.2, -0.15) is 0 Å². The van der Waals surface area contributed by atoms with Crippen LogP contribution < -0.4 is 0 Å². The van der Waals surface area contributed by atoms with Crippen molar-refractivity contribution in [1.29, 1.82) is 0 Å². The van der Waals surface area contributed by atoms with Crippen LogP contribution in [0.3, 0.4) is 0 Å². The summed E-state index contributed by atoms with van der Waals surface area (Å²) in [5.41, 5.74) is 14.6. The molecule has 1 aliphatic rings. The Morgan fingerprint density at radius 2 is 1.24 bits per heavy atom. The predicted molar refractivity (Wildman–Crippen MR) is 206 cm³/mol. The Balaban J connectivity index is 1.16. The lowest BCUT2D eigenvalue weighted by Gasteiger charge is -2.15. The van der Waals surface area contributed by atoms with Crippen LogP contribution in [0.1, 0.15) is 18.2 Å². The maximum absolute atomic E-state index is 4.85. The lowest BCUT2D eigenvalue weighted by Crippen LogP contribution is -2.05. The topological polar surface area (TPSA) is 22.8 Å². The average molecular weight is 628 g/mol. The molecule has 10 rings (SSSR count). The summed E-state index contributed by atoms with van der Waals surface area (Å²) in [7, 11) is 0. The summed E-state index contributed by atoms with van der Waals surface area (Å²) in [6.07, 6.45) is 7.61. The van der Waals surface area contributed by atoms with Crippen molar-refractivity contribution in [2.75, 3.05) is 0 Å². The van der Waals surface area contributed by atoms with Crippen molar-refractivity contribution in [2.24, 2.45) is 5.92 Å². The lowest BCUT2D eigenvalue weighted by molar-refractivity contribution is 0.718. The van der Waals surface area contributed by atoms with E-state index in [0.717, 1.165) is 23.0 Å². The Labute approximate surface area is 285 Å². The van der Waals surface area contributed by atoms with Crippen LogP contribution in [0.2, 0.25) is 0 Å². The van der Waals surface area contributed by atoms with E-state index in [1.807, 2.05) is 12.3 Å². The molecular weight excluding hydrogens is 595 g/mol. The van der Waals surface area contributed by atoms with Gasteiger partial charge in [0.25, 0.3) is 0 Å².